The van der Waals surface area contributed by atoms with Gasteiger partial charge in [0.2, 0.25) is 0 Å². The summed E-state index contributed by atoms with van der Waals surface area (Å²) in [4.78, 5) is 6.84. The predicted molar refractivity (Wildman–Crippen MR) is 114 cm³/mol. The van der Waals surface area contributed by atoms with E-state index < -0.39 is 0 Å². The van der Waals surface area contributed by atoms with Crippen molar-refractivity contribution in [3.05, 3.63) is 47.8 Å². The number of para-hydroxylation sites is 1. The molecule has 152 valence electrons. The molecule has 0 radical (unpaired) electrons. The van der Waals surface area contributed by atoms with Crippen LogP contribution in [0.15, 0.2) is 41.7 Å². The van der Waals surface area contributed by atoms with E-state index in [-0.39, 0.29) is 0 Å². The van der Waals surface area contributed by atoms with Gasteiger partial charge in [-0.05, 0) is 30.4 Å². The van der Waals surface area contributed by atoms with Crippen LogP contribution >= 0.6 is 0 Å². The average Bonchev–Trinajstić information content (AvgIpc) is 3.32. The van der Waals surface area contributed by atoms with Gasteiger partial charge in [0.1, 0.15) is 5.75 Å². The smallest absolute Gasteiger partial charge is 0.193 e. The molecule has 1 N–H and O–H groups in total. The predicted octanol–water partition coefficient (Wildman–Crippen LogP) is 3.41. The maximum absolute atomic E-state index is 6.01. The Kier molecular flexibility index (Phi) is 6.95. The summed E-state index contributed by atoms with van der Waals surface area (Å²) in [5.74, 6) is 3.06. The number of benzene rings is 1. The molecule has 1 fully saturated rings. The van der Waals surface area contributed by atoms with Crippen LogP contribution in [0.4, 0.5) is 0 Å². The number of ether oxygens (including phenoxy) is 1. The maximum atomic E-state index is 6.01. The third-order valence-electron chi connectivity index (χ3n) is 5.26. The van der Waals surface area contributed by atoms with Gasteiger partial charge in [0.25, 0.3) is 0 Å². The van der Waals surface area contributed by atoms with E-state index in [1.54, 1.807) is 0 Å². The second-order valence-corrected chi connectivity index (χ2v) is 7.92. The van der Waals surface area contributed by atoms with E-state index in [1.807, 2.05) is 37.1 Å². The standard InChI is InChI=1S/C22H33N5O/c1-17(2)10-12-28-21-8-6-5-7-18(21)13-24-22(23-3)27-11-9-19(16-27)20-14-25-26(4)15-20/h5-8,14-15,17,19H,9-13,16H2,1-4H3,(H,23,24). The molecule has 1 unspecified atom stereocenters. The van der Waals surface area contributed by atoms with Gasteiger partial charge in [0.05, 0.1) is 12.8 Å². The van der Waals surface area contributed by atoms with Crippen LogP contribution in [0.3, 0.4) is 0 Å². The van der Waals surface area contributed by atoms with Gasteiger partial charge in [-0.2, -0.15) is 5.10 Å². The lowest BCUT2D eigenvalue weighted by molar-refractivity contribution is 0.286. The molecule has 1 aliphatic heterocycles. The Balaban J connectivity index is 1.56. The fourth-order valence-electron chi connectivity index (χ4n) is 3.58. The topological polar surface area (TPSA) is 54.7 Å². The number of aromatic nitrogens is 2. The minimum Gasteiger partial charge on any atom is -0.493 e. The van der Waals surface area contributed by atoms with Gasteiger partial charge in [-0.25, -0.2) is 0 Å². The molecular formula is C22H33N5O. The number of nitrogens with one attached hydrogen (secondary N) is 1. The molecule has 3 rings (SSSR count). The van der Waals surface area contributed by atoms with E-state index in [1.165, 1.54) is 5.56 Å². The zero-order chi connectivity index (χ0) is 19.9. The fourth-order valence-corrected chi connectivity index (χ4v) is 3.58. The fraction of sp³-hybridized carbons (Fsp3) is 0.545. The molecule has 2 heterocycles. The van der Waals surface area contributed by atoms with Crippen LogP contribution < -0.4 is 10.1 Å². The first-order valence-corrected chi connectivity index (χ1v) is 10.2. The zero-order valence-electron chi connectivity index (χ0n) is 17.6. The molecule has 1 aromatic heterocycles. The van der Waals surface area contributed by atoms with Crippen molar-refractivity contribution < 1.29 is 4.74 Å². The van der Waals surface area contributed by atoms with Crippen LogP contribution in [-0.2, 0) is 13.6 Å². The molecule has 1 atom stereocenters. The maximum Gasteiger partial charge on any atom is 0.193 e. The van der Waals surface area contributed by atoms with Gasteiger partial charge in [-0.1, -0.05) is 32.0 Å². The number of aryl methyl sites for hydroxylation is 1. The number of guanidine groups is 1. The summed E-state index contributed by atoms with van der Waals surface area (Å²) in [5.41, 5.74) is 2.47. The van der Waals surface area contributed by atoms with Crippen molar-refractivity contribution in [2.75, 3.05) is 26.7 Å². The molecular weight excluding hydrogens is 350 g/mol. The monoisotopic (exact) mass is 383 g/mol. The number of nitrogens with zero attached hydrogens (tertiary/aromatic N) is 4. The van der Waals surface area contributed by atoms with Crippen LogP contribution in [0.2, 0.25) is 0 Å². The molecule has 1 aliphatic rings. The molecule has 28 heavy (non-hydrogen) atoms. The van der Waals surface area contributed by atoms with Gasteiger partial charge < -0.3 is 15.0 Å². The van der Waals surface area contributed by atoms with E-state index >= 15 is 0 Å². The summed E-state index contributed by atoms with van der Waals surface area (Å²) in [6.07, 6.45) is 6.29. The van der Waals surface area contributed by atoms with Gasteiger partial charge in [0.15, 0.2) is 5.96 Å². The summed E-state index contributed by atoms with van der Waals surface area (Å²) in [7, 11) is 3.82. The normalized spacial score (nSPS) is 17.4. The Morgan fingerprint density at radius 1 is 1.36 bits per heavy atom. The van der Waals surface area contributed by atoms with Crippen LogP contribution in [0, 0.1) is 5.92 Å². The molecule has 0 spiro atoms. The van der Waals surface area contributed by atoms with E-state index in [0.29, 0.717) is 18.4 Å². The number of hydrogen-bond donors (Lipinski definition) is 1. The Morgan fingerprint density at radius 3 is 2.89 bits per heavy atom. The van der Waals surface area contributed by atoms with E-state index in [9.17, 15) is 0 Å². The Morgan fingerprint density at radius 2 is 2.18 bits per heavy atom. The highest BCUT2D eigenvalue weighted by Gasteiger charge is 2.26. The summed E-state index contributed by atoms with van der Waals surface area (Å²) < 4.78 is 7.89. The Hall–Kier alpha value is -2.50. The molecule has 1 aromatic carbocycles. The largest absolute Gasteiger partial charge is 0.493 e. The number of aliphatic imine (C=N–C) groups is 1. The second-order valence-electron chi connectivity index (χ2n) is 7.92. The quantitative estimate of drug-likeness (QED) is 0.588. The third-order valence-corrected chi connectivity index (χ3v) is 5.26. The third kappa shape index (κ3) is 5.27. The Labute approximate surface area is 168 Å². The molecule has 2 aromatic rings. The molecule has 6 heteroatoms. The van der Waals surface area contributed by atoms with Crippen LogP contribution in [-0.4, -0.2) is 47.4 Å². The number of likely N-dealkylation sites (tertiary alicyclic amines) is 1. The van der Waals surface area contributed by atoms with E-state index in [2.05, 4.69) is 52.5 Å². The summed E-state index contributed by atoms with van der Waals surface area (Å²) in [6, 6.07) is 8.26. The lowest BCUT2D eigenvalue weighted by atomic mass is 10.0. The Bertz CT molecular complexity index is 783. The average molecular weight is 384 g/mol. The summed E-state index contributed by atoms with van der Waals surface area (Å²) >= 11 is 0. The van der Waals surface area contributed by atoms with Crippen molar-refractivity contribution in [3.8, 4) is 5.75 Å². The van der Waals surface area contributed by atoms with Crippen LogP contribution in [0.5, 0.6) is 5.75 Å². The molecule has 6 nitrogen and oxygen atoms in total. The highest BCUT2D eigenvalue weighted by Crippen LogP contribution is 2.27. The minimum absolute atomic E-state index is 0.513. The van der Waals surface area contributed by atoms with Crippen molar-refractivity contribution >= 4 is 5.96 Å². The first-order valence-electron chi connectivity index (χ1n) is 10.2. The van der Waals surface area contributed by atoms with E-state index in [4.69, 9.17) is 4.74 Å². The highest BCUT2D eigenvalue weighted by atomic mass is 16.5. The first-order chi connectivity index (χ1) is 13.6. The molecule has 0 saturated carbocycles. The number of rotatable bonds is 7. The van der Waals surface area contributed by atoms with Gasteiger partial charge in [-0.3, -0.25) is 9.67 Å². The lowest BCUT2D eigenvalue weighted by Gasteiger charge is -2.22. The number of hydrogen-bond acceptors (Lipinski definition) is 3. The SMILES string of the molecule is CN=C(NCc1ccccc1OCCC(C)C)N1CCC(c2cnn(C)c2)C1. The van der Waals surface area contributed by atoms with Gasteiger partial charge >= 0.3 is 0 Å². The van der Waals surface area contributed by atoms with Crippen molar-refractivity contribution in [3.63, 3.8) is 0 Å². The second kappa shape index (κ2) is 9.62. The molecule has 0 amide bonds. The van der Waals surface area contributed by atoms with Crippen molar-refractivity contribution in [2.45, 2.75) is 39.2 Å². The van der Waals surface area contributed by atoms with Crippen LogP contribution in [0.1, 0.15) is 43.7 Å². The molecule has 0 bridgehead atoms. The lowest BCUT2D eigenvalue weighted by Crippen LogP contribution is -2.39. The van der Waals surface area contributed by atoms with Crippen molar-refractivity contribution in [1.29, 1.82) is 0 Å². The van der Waals surface area contributed by atoms with Crippen LogP contribution in [0.25, 0.3) is 0 Å². The van der Waals surface area contributed by atoms with Crippen molar-refractivity contribution in [1.82, 2.24) is 20.0 Å². The van der Waals surface area contributed by atoms with Crippen molar-refractivity contribution in [2.24, 2.45) is 18.0 Å². The first kappa shape index (κ1) is 20.2. The van der Waals surface area contributed by atoms with Gasteiger partial charge in [0, 0.05) is 51.4 Å². The van der Waals surface area contributed by atoms with E-state index in [0.717, 1.165) is 49.8 Å². The van der Waals surface area contributed by atoms with Gasteiger partial charge in [-0.15, -0.1) is 0 Å². The molecule has 0 aliphatic carbocycles. The highest BCUT2D eigenvalue weighted by molar-refractivity contribution is 5.80. The summed E-state index contributed by atoms with van der Waals surface area (Å²) in [5, 5.41) is 7.83. The summed E-state index contributed by atoms with van der Waals surface area (Å²) in [6.45, 7) is 7.87. The molecule has 1 saturated heterocycles. The minimum atomic E-state index is 0.513. The zero-order valence-corrected chi connectivity index (χ0v) is 17.6.